The first-order valence-electron chi connectivity index (χ1n) is 7.08. The molecule has 0 saturated heterocycles. The van der Waals surface area contributed by atoms with Crippen molar-refractivity contribution in [2.75, 3.05) is 0 Å². The van der Waals surface area contributed by atoms with Crippen molar-refractivity contribution in [1.29, 1.82) is 0 Å². The third-order valence-corrected chi connectivity index (χ3v) is 2.83. The lowest BCUT2D eigenvalue weighted by Crippen LogP contribution is -2.51. The predicted octanol–water partition coefficient (Wildman–Crippen LogP) is 2.03. The van der Waals surface area contributed by atoms with Crippen LogP contribution < -0.4 is 10.6 Å². The molecule has 0 aliphatic carbocycles. The van der Waals surface area contributed by atoms with E-state index in [1.807, 2.05) is 13.8 Å². The Morgan fingerprint density at radius 2 is 1.62 bits per heavy atom. The Kier molecular flexibility index (Phi) is 5.47. The van der Waals surface area contributed by atoms with Gasteiger partial charge in [-0.15, -0.1) is 0 Å². The van der Waals surface area contributed by atoms with Gasteiger partial charge in [0, 0.05) is 24.5 Å². The molecule has 1 heterocycles. The number of rotatable bonds is 4. The Morgan fingerprint density at radius 1 is 1.05 bits per heavy atom. The Labute approximate surface area is 126 Å². The fourth-order valence-electron chi connectivity index (χ4n) is 2.50. The Morgan fingerprint density at radius 3 is 2.14 bits per heavy atom. The summed E-state index contributed by atoms with van der Waals surface area (Å²) in [6, 6.07) is 3.59. The second-order valence-corrected chi connectivity index (χ2v) is 7.11. The molecular formula is C16H25N3O2. The number of aromatic nitrogens is 1. The average molecular weight is 291 g/mol. The van der Waals surface area contributed by atoms with Gasteiger partial charge in [-0.1, -0.05) is 20.8 Å². The van der Waals surface area contributed by atoms with Gasteiger partial charge in [-0.2, -0.15) is 0 Å². The van der Waals surface area contributed by atoms with Gasteiger partial charge in [-0.25, -0.2) is 0 Å². The molecule has 1 aromatic rings. The number of nitrogens with one attached hydrogen (secondary N) is 2. The van der Waals surface area contributed by atoms with Gasteiger partial charge in [0.25, 0.3) is 0 Å². The van der Waals surface area contributed by atoms with Crippen LogP contribution in [-0.2, 0) is 16.1 Å². The fourth-order valence-corrected chi connectivity index (χ4v) is 2.50. The van der Waals surface area contributed by atoms with E-state index in [9.17, 15) is 9.59 Å². The highest BCUT2D eigenvalue weighted by Crippen LogP contribution is 2.26. The maximum atomic E-state index is 11.9. The molecule has 1 rings (SSSR count). The van der Waals surface area contributed by atoms with Crippen molar-refractivity contribution in [3.05, 3.63) is 30.1 Å². The van der Waals surface area contributed by atoms with Crippen LogP contribution in [0.3, 0.4) is 0 Å². The number of nitrogens with zero attached hydrogens (tertiary/aromatic N) is 1. The fraction of sp³-hybridized carbons (Fsp3) is 0.562. The monoisotopic (exact) mass is 291 g/mol. The summed E-state index contributed by atoms with van der Waals surface area (Å²) in [4.78, 5) is 27.6. The summed E-state index contributed by atoms with van der Waals surface area (Å²) >= 11 is 0. The summed E-state index contributed by atoms with van der Waals surface area (Å²) in [5.74, 6) is -1.22. The number of hydrogen-bond donors (Lipinski definition) is 2. The second-order valence-electron chi connectivity index (χ2n) is 7.11. The number of hydrogen-bond acceptors (Lipinski definition) is 3. The standard InChI is InChI=1S/C16H25N3O2/c1-15(2,3)11-16(4,5)19-14(21)13(20)18-10-12-6-8-17-9-7-12/h6-9H,10-11H2,1-5H3,(H,18,20)(H,19,21). The van der Waals surface area contributed by atoms with Gasteiger partial charge in [-0.05, 0) is 43.4 Å². The van der Waals surface area contributed by atoms with Gasteiger partial charge in [0.05, 0.1) is 0 Å². The van der Waals surface area contributed by atoms with Crippen LogP contribution in [0.5, 0.6) is 0 Å². The molecule has 0 aliphatic heterocycles. The molecular weight excluding hydrogens is 266 g/mol. The van der Waals surface area contributed by atoms with E-state index in [1.54, 1.807) is 24.5 Å². The van der Waals surface area contributed by atoms with E-state index in [0.717, 1.165) is 12.0 Å². The van der Waals surface area contributed by atoms with Gasteiger partial charge >= 0.3 is 11.8 Å². The van der Waals surface area contributed by atoms with Gasteiger partial charge in [-0.3, -0.25) is 14.6 Å². The maximum absolute atomic E-state index is 11.9. The van der Waals surface area contributed by atoms with Gasteiger partial charge in [0.15, 0.2) is 0 Å². The molecule has 2 N–H and O–H groups in total. The van der Waals surface area contributed by atoms with E-state index in [1.165, 1.54) is 0 Å². The largest absolute Gasteiger partial charge is 0.344 e. The third kappa shape index (κ3) is 6.88. The lowest BCUT2D eigenvalue weighted by Gasteiger charge is -2.33. The first-order chi connectivity index (χ1) is 9.59. The second kappa shape index (κ2) is 6.70. The molecule has 21 heavy (non-hydrogen) atoms. The van der Waals surface area contributed by atoms with E-state index in [0.29, 0.717) is 6.54 Å². The summed E-state index contributed by atoms with van der Waals surface area (Å²) in [6.07, 6.45) is 4.07. The first kappa shape index (κ1) is 17.1. The summed E-state index contributed by atoms with van der Waals surface area (Å²) in [7, 11) is 0. The SMILES string of the molecule is CC(C)(C)CC(C)(C)NC(=O)C(=O)NCc1ccncc1. The normalized spacial score (nSPS) is 11.9. The van der Waals surface area contributed by atoms with E-state index in [4.69, 9.17) is 0 Å². The zero-order valence-electron chi connectivity index (χ0n) is 13.5. The van der Waals surface area contributed by atoms with Gasteiger partial charge < -0.3 is 10.6 Å². The van der Waals surface area contributed by atoms with Crippen LogP contribution in [0.1, 0.15) is 46.6 Å². The number of pyridine rings is 1. The van der Waals surface area contributed by atoms with E-state index in [2.05, 4.69) is 36.4 Å². The molecule has 5 nitrogen and oxygen atoms in total. The van der Waals surface area contributed by atoms with Gasteiger partial charge in [0.2, 0.25) is 0 Å². The minimum Gasteiger partial charge on any atom is -0.344 e. The molecule has 0 saturated carbocycles. The predicted molar refractivity (Wildman–Crippen MR) is 82.4 cm³/mol. The van der Waals surface area contributed by atoms with Crippen molar-refractivity contribution < 1.29 is 9.59 Å². The van der Waals surface area contributed by atoms with E-state index < -0.39 is 17.4 Å². The van der Waals surface area contributed by atoms with E-state index in [-0.39, 0.29) is 5.41 Å². The molecule has 0 aromatic carbocycles. The molecule has 2 amide bonds. The van der Waals surface area contributed by atoms with Crippen molar-refractivity contribution in [2.45, 2.75) is 53.1 Å². The molecule has 0 fully saturated rings. The molecule has 0 unspecified atom stereocenters. The summed E-state index contributed by atoms with van der Waals surface area (Å²) in [5, 5.41) is 5.39. The van der Waals surface area contributed by atoms with Crippen LogP contribution in [0.4, 0.5) is 0 Å². The van der Waals surface area contributed by atoms with Gasteiger partial charge in [0.1, 0.15) is 0 Å². The van der Waals surface area contributed by atoms with Crippen LogP contribution in [0, 0.1) is 5.41 Å². The molecule has 1 aromatic heterocycles. The minimum absolute atomic E-state index is 0.0737. The smallest absolute Gasteiger partial charge is 0.309 e. The molecule has 5 heteroatoms. The summed E-state index contributed by atoms with van der Waals surface area (Å²) < 4.78 is 0. The highest BCUT2D eigenvalue weighted by molar-refractivity contribution is 6.35. The average Bonchev–Trinajstić information content (AvgIpc) is 2.33. The maximum Gasteiger partial charge on any atom is 0.309 e. The van der Waals surface area contributed by atoms with Crippen molar-refractivity contribution in [2.24, 2.45) is 5.41 Å². The number of carbonyl (C=O) groups is 2. The molecule has 0 atom stereocenters. The lowest BCUT2D eigenvalue weighted by atomic mass is 9.82. The number of carbonyl (C=O) groups excluding carboxylic acids is 2. The summed E-state index contributed by atoms with van der Waals surface area (Å²) in [5.41, 5.74) is 0.549. The highest BCUT2D eigenvalue weighted by atomic mass is 16.2. The molecule has 116 valence electrons. The van der Waals surface area contributed by atoms with Crippen molar-refractivity contribution in [3.8, 4) is 0 Å². The van der Waals surface area contributed by atoms with Crippen LogP contribution in [0.2, 0.25) is 0 Å². The minimum atomic E-state index is -0.617. The zero-order chi connectivity index (χ0) is 16.1. The zero-order valence-corrected chi connectivity index (χ0v) is 13.5. The van der Waals surface area contributed by atoms with Crippen molar-refractivity contribution in [3.63, 3.8) is 0 Å². The Balaban J connectivity index is 2.49. The first-order valence-corrected chi connectivity index (χ1v) is 7.08. The van der Waals surface area contributed by atoms with Crippen molar-refractivity contribution >= 4 is 11.8 Å². The topological polar surface area (TPSA) is 71.1 Å². The highest BCUT2D eigenvalue weighted by Gasteiger charge is 2.29. The molecule has 0 radical (unpaired) electrons. The lowest BCUT2D eigenvalue weighted by molar-refractivity contribution is -0.140. The molecule has 0 bridgehead atoms. The molecule has 0 spiro atoms. The Bertz CT molecular complexity index is 490. The molecule has 0 aliphatic rings. The third-order valence-electron chi connectivity index (χ3n) is 2.83. The van der Waals surface area contributed by atoms with Crippen molar-refractivity contribution in [1.82, 2.24) is 15.6 Å². The summed E-state index contributed by atoms with van der Waals surface area (Å²) in [6.45, 7) is 10.5. The van der Waals surface area contributed by atoms with Crippen LogP contribution in [-0.4, -0.2) is 22.3 Å². The number of amides is 2. The van der Waals surface area contributed by atoms with Crippen LogP contribution >= 0.6 is 0 Å². The van der Waals surface area contributed by atoms with E-state index >= 15 is 0 Å². The van der Waals surface area contributed by atoms with Crippen LogP contribution in [0.25, 0.3) is 0 Å². The quantitative estimate of drug-likeness (QED) is 0.834. The van der Waals surface area contributed by atoms with Crippen LogP contribution in [0.15, 0.2) is 24.5 Å². The Hall–Kier alpha value is -1.91.